The van der Waals surface area contributed by atoms with Crippen LogP contribution in [0.4, 0.5) is 33.6 Å². The summed E-state index contributed by atoms with van der Waals surface area (Å²) in [5.41, 5.74) is 0.339. The fourth-order valence-corrected chi connectivity index (χ4v) is 4.00. The zero-order valence-electron chi connectivity index (χ0n) is 16.9. The number of hydrogen-bond acceptors (Lipinski definition) is 8. The van der Waals surface area contributed by atoms with Crippen molar-refractivity contribution in [3.63, 3.8) is 0 Å². The van der Waals surface area contributed by atoms with Crippen molar-refractivity contribution < 1.29 is 26.7 Å². The van der Waals surface area contributed by atoms with Crippen molar-refractivity contribution in [3.8, 4) is 5.75 Å². The highest BCUT2D eigenvalue weighted by Crippen LogP contribution is 2.32. The Morgan fingerprint density at radius 2 is 1.88 bits per heavy atom. The Morgan fingerprint density at radius 1 is 1.12 bits per heavy atom. The molecular formula is C19H22F5N7O. The van der Waals surface area contributed by atoms with Crippen LogP contribution in [-0.4, -0.2) is 58.4 Å². The summed E-state index contributed by atoms with van der Waals surface area (Å²) in [7, 11) is 0. The maximum absolute atomic E-state index is 14.7. The van der Waals surface area contributed by atoms with Crippen LogP contribution in [0.1, 0.15) is 24.1 Å². The fourth-order valence-electron chi connectivity index (χ4n) is 4.00. The number of fused-ring (bicyclic) bond motifs is 1. The number of piperidine rings is 1. The van der Waals surface area contributed by atoms with Gasteiger partial charge in [0.05, 0.1) is 12.7 Å². The number of alkyl halides is 5. The van der Waals surface area contributed by atoms with Crippen LogP contribution in [-0.2, 0) is 12.3 Å². The van der Waals surface area contributed by atoms with Crippen LogP contribution in [0.15, 0.2) is 24.7 Å². The number of halogens is 5. The lowest BCUT2D eigenvalue weighted by Crippen LogP contribution is -2.50. The standard InChI is InChI=1S/C19H22F5N7O/c20-18(21,15-2-1-13(9-27-15)32-19(22,23)24)10-30-7-4-12(5-8-30)31(25)17-14-3-6-26-16(14)28-11-29-17/h1-2,9,11-12H,3-8,10,25H2,(H,26,28,29). The molecule has 8 nitrogen and oxygen atoms in total. The molecule has 13 heteroatoms. The highest BCUT2D eigenvalue weighted by molar-refractivity contribution is 5.61. The van der Waals surface area contributed by atoms with Gasteiger partial charge in [-0.15, -0.1) is 13.2 Å². The topological polar surface area (TPSA) is 92.4 Å². The van der Waals surface area contributed by atoms with Gasteiger partial charge in [0.1, 0.15) is 23.6 Å². The lowest BCUT2D eigenvalue weighted by atomic mass is 10.0. The van der Waals surface area contributed by atoms with Crippen molar-refractivity contribution in [1.29, 1.82) is 0 Å². The first kappa shape index (κ1) is 22.4. The van der Waals surface area contributed by atoms with Crippen LogP contribution >= 0.6 is 0 Å². The van der Waals surface area contributed by atoms with E-state index >= 15 is 0 Å². The molecule has 0 bridgehead atoms. The molecule has 2 aliphatic rings. The van der Waals surface area contributed by atoms with Gasteiger partial charge in [-0.3, -0.25) is 14.9 Å². The van der Waals surface area contributed by atoms with Gasteiger partial charge in [-0.05, 0) is 31.4 Å². The molecule has 0 radical (unpaired) electrons. The lowest BCUT2D eigenvalue weighted by Gasteiger charge is -2.38. The van der Waals surface area contributed by atoms with Gasteiger partial charge in [0.25, 0.3) is 0 Å². The van der Waals surface area contributed by atoms with Gasteiger partial charge in [-0.1, -0.05) is 0 Å². The second-order valence-electron chi connectivity index (χ2n) is 7.75. The van der Waals surface area contributed by atoms with Crippen molar-refractivity contribution in [2.45, 2.75) is 37.6 Å². The molecule has 2 aliphatic heterocycles. The molecule has 0 amide bonds. The third kappa shape index (κ3) is 4.99. The number of pyridine rings is 1. The zero-order chi connectivity index (χ0) is 22.9. The molecule has 174 valence electrons. The van der Waals surface area contributed by atoms with Gasteiger partial charge < -0.3 is 10.1 Å². The highest BCUT2D eigenvalue weighted by Gasteiger charge is 2.38. The number of hydrogen-bond donors (Lipinski definition) is 2. The normalized spacial score (nSPS) is 17.7. The molecule has 0 aromatic carbocycles. The number of anilines is 2. The molecular weight excluding hydrogens is 437 g/mol. The largest absolute Gasteiger partial charge is 0.573 e. The predicted octanol–water partition coefficient (Wildman–Crippen LogP) is 2.67. The average Bonchev–Trinajstić information content (AvgIpc) is 3.22. The van der Waals surface area contributed by atoms with Crippen molar-refractivity contribution in [3.05, 3.63) is 35.9 Å². The Bertz CT molecular complexity index is 933. The summed E-state index contributed by atoms with van der Waals surface area (Å²) in [5.74, 6) is 3.75. The summed E-state index contributed by atoms with van der Waals surface area (Å²) in [6, 6.07) is 1.62. The minimum absolute atomic E-state index is 0.0589. The molecule has 0 unspecified atom stereocenters. The first-order chi connectivity index (χ1) is 15.1. The Hall–Kier alpha value is -2.80. The summed E-state index contributed by atoms with van der Waals surface area (Å²) in [5, 5.41) is 4.77. The monoisotopic (exact) mass is 459 g/mol. The lowest BCUT2D eigenvalue weighted by molar-refractivity contribution is -0.274. The number of aromatic nitrogens is 3. The minimum atomic E-state index is -4.91. The predicted molar refractivity (Wildman–Crippen MR) is 105 cm³/mol. The first-order valence-electron chi connectivity index (χ1n) is 10.1. The third-order valence-corrected chi connectivity index (χ3v) is 5.55. The van der Waals surface area contributed by atoms with Gasteiger partial charge in [-0.25, -0.2) is 15.8 Å². The molecule has 0 aliphatic carbocycles. The summed E-state index contributed by atoms with van der Waals surface area (Å²) in [6.45, 7) is 0.937. The molecule has 1 saturated heterocycles. The van der Waals surface area contributed by atoms with E-state index in [2.05, 4.69) is 25.0 Å². The van der Waals surface area contributed by atoms with Crippen LogP contribution in [0.2, 0.25) is 0 Å². The smallest absolute Gasteiger partial charge is 0.404 e. The van der Waals surface area contributed by atoms with Crippen LogP contribution in [0, 0.1) is 0 Å². The Morgan fingerprint density at radius 3 is 2.53 bits per heavy atom. The van der Waals surface area contributed by atoms with E-state index in [-0.39, 0.29) is 6.04 Å². The number of hydrazine groups is 1. The van der Waals surface area contributed by atoms with E-state index in [1.54, 1.807) is 9.91 Å². The SMILES string of the molecule is NN(c1ncnc2c1CCN2)C1CCN(CC(F)(F)c2ccc(OC(F)(F)F)cn2)CC1. The molecule has 4 rings (SSSR count). The van der Waals surface area contributed by atoms with Crippen LogP contribution in [0.3, 0.4) is 0 Å². The highest BCUT2D eigenvalue weighted by atomic mass is 19.4. The number of ether oxygens (including phenoxy) is 1. The molecule has 4 heterocycles. The molecule has 2 aromatic heterocycles. The molecule has 1 fully saturated rings. The summed E-state index contributed by atoms with van der Waals surface area (Å²) >= 11 is 0. The fraction of sp³-hybridized carbons (Fsp3) is 0.526. The number of nitrogens with two attached hydrogens (primary N) is 1. The van der Waals surface area contributed by atoms with E-state index in [0.29, 0.717) is 37.9 Å². The third-order valence-electron chi connectivity index (χ3n) is 5.55. The van der Waals surface area contributed by atoms with E-state index in [4.69, 9.17) is 5.84 Å². The van der Waals surface area contributed by atoms with Crippen molar-refractivity contribution >= 4 is 11.6 Å². The van der Waals surface area contributed by atoms with Crippen molar-refractivity contribution in [2.24, 2.45) is 5.84 Å². The molecule has 0 saturated carbocycles. The van der Waals surface area contributed by atoms with Gasteiger partial charge in [-0.2, -0.15) is 8.78 Å². The number of rotatable bonds is 6. The number of likely N-dealkylation sites (tertiary alicyclic amines) is 1. The van der Waals surface area contributed by atoms with E-state index in [9.17, 15) is 22.0 Å². The Kier molecular flexibility index (Phi) is 6.03. The number of nitrogens with one attached hydrogen (secondary N) is 1. The van der Waals surface area contributed by atoms with E-state index in [1.165, 1.54) is 6.33 Å². The van der Waals surface area contributed by atoms with Crippen LogP contribution < -0.4 is 20.9 Å². The molecule has 2 aromatic rings. The Labute approximate surface area is 180 Å². The van der Waals surface area contributed by atoms with Gasteiger partial charge >= 0.3 is 12.3 Å². The van der Waals surface area contributed by atoms with Gasteiger partial charge in [0.15, 0.2) is 5.82 Å². The zero-order valence-corrected chi connectivity index (χ0v) is 16.9. The van der Waals surface area contributed by atoms with E-state index in [1.807, 2.05) is 0 Å². The van der Waals surface area contributed by atoms with E-state index in [0.717, 1.165) is 36.5 Å². The Balaban J connectivity index is 1.34. The van der Waals surface area contributed by atoms with Crippen LogP contribution in [0.5, 0.6) is 5.75 Å². The average molecular weight is 459 g/mol. The van der Waals surface area contributed by atoms with Crippen molar-refractivity contribution in [1.82, 2.24) is 19.9 Å². The van der Waals surface area contributed by atoms with Crippen LogP contribution in [0.25, 0.3) is 0 Å². The molecule has 32 heavy (non-hydrogen) atoms. The van der Waals surface area contributed by atoms with Gasteiger partial charge in [0, 0.05) is 31.2 Å². The second-order valence-corrected chi connectivity index (χ2v) is 7.75. The quantitative estimate of drug-likeness (QED) is 0.387. The van der Waals surface area contributed by atoms with Gasteiger partial charge in [0.2, 0.25) is 0 Å². The maximum Gasteiger partial charge on any atom is 0.573 e. The van der Waals surface area contributed by atoms with E-state index < -0.39 is 30.3 Å². The molecule has 0 spiro atoms. The molecule has 0 atom stereocenters. The maximum atomic E-state index is 14.7. The minimum Gasteiger partial charge on any atom is -0.404 e. The second kappa shape index (κ2) is 8.62. The first-order valence-corrected chi connectivity index (χ1v) is 10.1. The summed E-state index contributed by atoms with van der Waals surface area (Å²) < 4.78 is 69.6. The van der Waals surface area contributed by atoms with Crippen molar-refractivity contribution in [2.75, 3.05) is 36.5 Å². The number of nitrogens with zero attached hydrogens (tertiary/aromatic N) is 5. The summed E-state index contributed by atoms with van der Waals surface area (Å²) in [6.07, 6.45) is -0.932. The summed E-state index contributed by atoms with van der Waals surface area (Å²) in [4.78, 5) is 13.5. The molecule has 3 N–H and O–H groups in total.